The van der Waals surface area contributed by atoms with E-state index in [1.54, 1.807) is 6.20 Å². The summed E-state index contributed by atoms with van der Waals surface area (Å²) in [6.45, 7) is 1.92. The highest BCUT2D eigenvalue weighted by Gasteiger charge is 2.00. The molecule has 0 aliphatic carbocycles. The van der Waals surface area contributed by atoms with Gasteiger partial charge in [0.1, 0.15) is 5.69 Å². The van der Waals surface area contributed by atoms with Crippen molar-refractivity contribution < 1.29 is 4.79 Å². The molecule has 0 aromatic carbocycles. The summed E-state index contributed by atoms with van der Waals surface area (Å²) in [6, 6.07) is 1.84. The number of aldehydes is 1. The molecule has 0 aliphatic rings. The summed E-state index contributed by atoms with van der Waals surface area (Å²) in [5, 5.41) is 0. The van der Waals surface area contributed by atoms with E-state index in [4.69, 9.17) is 0 Å². The van der Waals surface area contributed by atoms with E-state index in [1.807, 2.05) is 13.0 Å². The minimum absolute atomic E-state index is 0.458. The van der Waals surface area contributed by atoms with Crippen molar-refractivity contribution in [3.63, 3.8) is 0 Å². The number of pyridine rings is 1. The smallest absolute Gasteiger partial charge is 0.169 e. The Hall–Kier alpha value is -0.700. The maximum atomic E-state index is 10.3. The van der Waals surface area contributed by atoms with E-state index in [1.165, 1.54) is 0 Å². The van der Waals surface area contributed by atoms with Crippen LogP contribution in [0.5, 0.6) is 0 Å². The normalized spacial score (nSPS) is 9.40. The van der Waals surface area contributed by atoms with Crippen molar-refractivity contribution in [3.8, 4) is 0 Å². The summed E-state index contributed by atoms with van der Waals surface area (Å²) < 4.78 is 0.782. The van der Waals surface area contributed by atoms with E-state index in [0.29, 0.717) is 5.69 Å². The predicted molar refractivity (Wildman–Crippen MR) is 42.1 cm³/mol. The quantitative estimate of drug-likeness (QED) is 0.648. The number of nitrogens with zero attached hydrogens (tertiary/aromatic N) is 1. The highest BCUT2D eigenvalue weighted by atomic mass is 79.9. The lowest BCUT2D eigenvalue weighted by molar-refractivity contribution is 0.111. The van der Waals surface area contributed by atoms with Crippen LogP contribution >= 0.6 is 15.9 Å². The summed E-state index contributed by atoms with van der Waals surface area (Å²) in [6.07, 6.45) is 2.35. The molecule has 0 N–H and O–H groups in total. The van der Waals surface area contributed by atoms with Crippen LogP contribution in [0.4, 0.5) is 0 Å². The molecule has 1 aromatic heterocycles. The molecular formula is C7H6BrNO. The molecule has 0 fully saturated rings. The van der Waals surface area contributed by atoms with E-state index in [-0.39, 0.29) is 0 Å². The zero-order valence-electron chi connectivity index (χ0n) is 5.47. The molecule has 52 valence electrons. The van der Waals surface area contributed by atoms with Crippen LogP contribution in [0.1, 0.15) is 16.1 Å². The Morgan fingerprint density at radius 2 is 2.40 bits per heavy atom. The molecule has 0 aliphatic heterocycles. The largest absolute Gasteiger partial charge is 0.296 e. The van der Waals surface area contributed by atoms with Crippen molar-refractivity contribution in [1.82, 2.24) is 4.98 Å². The molecule has 0 bridgehead atoms. The van der Waals surface area contributed by atoms with E-state index in [0.717, 1.165) is 16.3 Å². The van der Waals surface area contributed by atoms with Gasteiger partial charge in [-0.3, -0.25) is 9.78 Å². The summed E-state index contributed by atoms with van der Waals surface area (Å²) in [7, 11) is 0. The first kappa shape index (κ1) is 7.41. The molecule has 0 amide bonds. The van der Waals surface area contributed by atoms with Crippen LogP contribution in [-0.2, 0) is 0 Å². The van der Waals surface area contributed by atoms with Gasteiger partial charge in [0.25, 0.3) is 0 Å². The van der Waals surface area contributed by atoms with E-state index < -0.39 is 0 Å². The second kappa shape index (κ2) is 2.92. The first-order chi connectivity index (χ1) is 4.75. The van der Waals surface area contributed by atoms with Crippen LogP contribution in [0.2, 0.25) is 0 Å². The first-order valence-corrected chi connectivity index (χ1v) is 3.61. The van der Waals surface area contributed by atoms with Gasteiger partial charge in [0.05, 0.1) is 0 Å². The average molecular weight is 200 g/mol. The van der Waals surface area contributed by atoms with Gasteiger partial charge in [0.2, 0.25) is 0 Å². The Labute approximate surface area is 67.4 Å². The van der Waals surface area contributed by atoms with E-state index in [2.05, 4.69) is 20.9 Å². The van der Waals surface area contributed by atoms with Crippen LogP contribution in [0.3, 0.4) is 0 Å². The van der Waals surface area contributed by atoms with Crippen LogP contribution in [0, 0.1) is 6.92 Å². The monoisotopic (exact) mass is 199 g/mol. The number of halogens is 1. The third-order valence-electron chi connectivity index (χ3n) is 1.22. The molecule has 3 heteroatoms. The van der Waals surface area contributed by atoms with Crippen molar-refractivity contribution in [2.75, 3.05) is 0 Å². The number of aryl methyl sites for hydroxylation is 1. The lowest BCUT2D eigenvalue weighted by Crippen LogP contribution is -1.89. The number of aromatic nitrogens is 1. The van der Waals surface area contributed by atoms with Crippen LogP contribution in [0.25, 0.3) is 0 Å². The van der Waals surface area contributed by atoms with E-state index in [9.17, 15) is 4.79 Å². The number of carbonyl (C=O) groups excluding carboxylic acids is 1. The Bertz CT molecular complexity index is 260. The molecule has 2 nitrogen and oxygen atoms in total. The summed E-state index contributed by atoms with van der Waals surface area (Å²) in [5.74, 6) is 0. The molecular weight excluding hydrogens is 194 g/mol. The van der Waals surface area contributed by atoms with Crippen molar-refractivity contribution in [2.24, 2.45) is 0 Å². The lowest BCUT2D eigenvalue weighted by atomic mass is 10.2. The molecule has 0 radical (unpaired) electrons. The summed E-state index contributed by atoms with van der Waals surface area (Å²) in [4.78, 5) is 14.1. The van der Waals surface area contributed by atoms with Crippen molar-refractivity contribution >= 4 is 22.2 Å². The van der Waals surface area contributed by atoms with Gasteiger partial charge in [-0.1, -0.05) is 0 Å². The minimum Gasteiger partial charge on any atom is -0.296 e. The number of hydrogen-bond donors (Lipinski definition) is 0. The van der Waals surface area contributed by atoms with Gasteiger partial charge in [-0.2, -0.15) is 0 Å². The van der Waals surface area contributed by atoms with Crippen LogP contribution in [0.15, 0.2) is 16.7 Å². The van der Waals surface area contributed by atoms with Gasteiger partial charge in [0.15, 0.2) is 6.29 Å². The fraction of sp³-hybridized carbons (Fsp3) is 0.143. The van der Waals surface area contributed by atoms with Gasteiger partial charge < -0.3 is 0 Å². The molecule has 1 heterocycles. The maximum absolute atomic E-state index is 10.3. The minimum atomic E-state index is 0.458. The van der Waals surface area contributed by atoms with Crippen molar-refractivity contribution in [1.29, 1.82) is 0 Å². The molecule has 0 saturated carbocycles. The van der Waals surface area contributed by atoms with Gasteiger partial charge >= 0.3 is 0 Å². The molecule has 1 rings (SSSR count). The SMILES string of the molecule is Cc1ccnc(C=O)c1Br. The molecule has 10 heavy (non-hydrogen) atoms. The highest BCUT2D eigenvalue weighted by molar-refractivity contribution is 9.10. The number of rotatable bonds is 1. The second-order valence-electron chi connectivity index (χ2n) is 1.94. The van der Waals surface area contributed by atoms with Gasteiger partial charge in [-0.05, 0) is 34.5 Å². The van der Waals surface area contributed by atoms with E-state index >= 15 is 0 Å². The predicted octanol–water partition coefficient (Wildman–Crippen LogP) is 1.97. The average Bonchev–Trinajstić information content (AvgIpc) is 1.95. The van der Waals surface area contributed by atoms with Crippen molar-refractivity contribution in [2.45, 2.75) is 6.92 Å². The van der Waals surface area contributed by atoms with Gasteiger partial charge in [-0.25, -0.2) is 0 Å². The summed E-state index contributed by atoms with van der Waals surface area (Å²) in [5.41, 5.74) is 1.48. The van der Waals surface area contributed by atoms with Crippen LogP contribution < -0.4 is 0 Å². The summed E-state index contributed by atoms with van der Waals surface area (Å²) >= 11 is 3.25. The molecule has 0 saturated heterocycles. The zero-order chi connectivity index (χ0) is 7.56. The van der Waals surface area contributed by atoms with Gasteiger partial charge in [0, 0.05) is 10.7 Å². The topological polar surface area (TPSA) is 30.0 Å². The zero-order valence-corrected chi connectivity index (χ0v) is 7.05. The Kier molecular flexibility index (Phi) is 2.17. The second-order valence-corrected chi connectivity index (χ2v) is 2.74. The Morgan fingerprint density at radius 1 is 1.70 bits per heavy atom. The molecule has 1 aromatic rings. The maximum Gasteiger partial charge on any atom is 0.169 e. The number of hydrogen-bond acceptors (Lipinski definition) is 2. The molecule has 0 spiro atoms. The first-order valence-electron chi connectivity index (χ1n) is 2.82. The standard InChI is InChI=1S/C7H6BrNO/c1-5-2-3-9-6(4-10)7(5)8/h2-4H,1H3. The fourth-order valence-corrected chi connectivity index (χ4v) is 0.971. The van der Waals surface area contributed by atoms with Crippen LogP contribution in [-0.4, -0.2) is 11.3 Å². The molecule has 0 atom stereocenters. The molecule has 0 unspecified atom stereocenters. The highest BCUT2D eigenvalue weighted by Crippen LogP contribution is 2.16. The third-order valence-corrected chi connectivity index (χ3v) is 2.25. The third kappa shape index (κ3) is 1.24. The fourth-order valence-electron chi connectivity index (χ4n) is 0.643. The lowest BCUT2D eigenvalue weighted by Gasteiger charge is -1.96. The van der Waals surface area contributed by atoms with Crippen molar-refractivity contribution in [3.05, 3.63) is 28.0 Å². The Balaban J connectivity index is 3.27. The Morgan fingerprint density at radius 3 is 2.90 bits per heavy atom. The van der Waals surface area contributed by atoms with Gasteiger partial charge in [-0.15, -0.1) is 0 Å². The number of carbonyl (C=O) groups is 1.